The quantitative estimate of drug-likeness (QED) is 0.790. The van der Waals surface area contributed by atoms with Gasteiger partial charge in [-0.2, -0.15) is 0 Å². The first-order valence-corrected chi connectivity index (χ1v) is 5.89. The van der Waals surface area contributed by atoms with Crippen LogP contribution in [0.1, 0.15) is 5.56 Å². The van der Waals surface area contributed by atoms with Gasteiger partial charge in [-0.25, -0.2) is 0 Å². The van der Waals surface area contributed by atoms with E-state index in [-0.39, 0.29) is 28.2 Å². The average Bonchev–Trinajstić information content (AvgIpc) is 2.36. The van der Waals surface area contributed by atoms with E-state index in [1.54, 1.807) is 24.3 Å². The standard InChI is InChI=1S/C13H10Cl2O3/c14-10-4-8(5-11(15)13(10)18)7-1-2-12(17)9(3-7)6-16/h1-5,16-18H,6H2. The highest BCUT2D eigenvalue weighted by atomic mass is 35.5. The van der Waals surface area contributed by atoms with Gasteiger partial charge in [0.2, 0.25) is 0 Å². The minimum Gasteiger partial charge on any atom is -0.508 e. The first-order chi connectivity index (χ1) is 8.52. The van der Waals surface area contributed by atoms with Crippen molar-refractivity contribution in [3.05, 3.63) is 45.9 Å². The molecule has 0 aliphatic carbocycles. The van der Waals surface area contributed by atoms with Gasteiger partial charge in [0, 0.05) is 5.56 Å². The van der Waals surface area contributed by atoms with Crippen molar-refractivity contribution in [2.75, 3.05) is 0 Å². The molecule has 0 amide bonds. The molecule has 2 aromatic rings. The zero-order valence-corrected chi connectivity index (χ0v) is 10.7. The summed E-state index contributed by atoms with van der Waals surface area (Å²) in [4.78, 5) is 0. The van der Waals surface area contributed by atoms with E-state index in [4.69, 9.17) is 28.3 Å². The number of aliphatic hydroxyl groups excluding tert-OH is 1. The molecule has 18 heavy (non-hydrogen) atoms. The number of rotatable bonds is 2. The van der Waals surface area contributed by atoms with Crippen LogP contribution in [0.2, 0.25) is 10.0 Å². The number of halogens is 2. The molecule has 0 heterocycles. The molecule has 0 fully saturated rings. The largest absolute Gasteiger partial charge is 0.508 e. The molecule has 0 spiro atoms. The second-order valence-corrected chi connectivity index (χ2v) is 4.60. The lowest BCUT2D eigenvalue weighted by atomic mass is 10.0. The smallest absolute Gasteiger partial charge is 0.152 e. The van der Waals surface area contributed by atoms with Crippen LogP contribution in [0.5, 0.6) is 11.5 Å². The SMILES string of the molecule is OCc1cc(-c2cc(Cl)c(O)c(Cl)c2)ccc1O. The van der Waals surface area contributed by atoms with Crippen LogP contribution in [0, 0.1) is 0 Å². The van der Waals surface area contributed by atoms with Gasteiger partial charge in [0.25, 0.3) is 0 Å². The van der Waals surface area contributed by atoms with Crippen molar-refractivity contribution in [1.29, 1.82) is 0 Å². The van der Waals surface area contributed by atoms with E-state index in [2.05, 4.69) is 0 Å². The maximum Gasteiger partial charge on any atom is 0.152 e. The van der Waals surface area contributed by atoms with Crippen LogP contribution in [-0.2, 0) is 6.61 Å². The third-order valence-electron chi connectivity index (χ3n) is 2.60. The molecule has 0 atom stereocenters. The molecule has 0 saturated heterocycles. The van der Waals surface area contributed by atoms with E-state index in [0.29, 0.717) is 11.1 Å². The lowest BCUT2D eigenvalue weighted by Gasteiger charge is -2.08. The van der Waals surface area contributed by atoms with Crippen molar-refractivity contribution in [3.8, 4) is 22.6 Å². The first kappa shape index (κ1) is 13.0. The summed E-state index contributed by atoms with van der Waals surface area (Å²) in [6.07, 6.45) is 0. The fraction of sp³-hybridized carbons (Fsp3) is 0.0769. The number of phenolic OH excluding ortho intramolecular Hbond substituents is 1. The van der Waals surface area contributed by atoms with Gasteiger partial charge in [-0.15, -0.1) is 0 Å². The molecule has 0 saturated carbocycles. The van der Waals surface area contributed by atoms with Crippen LogP contribution in [0.25, 0.3) is 11.1 Å². The summed E-state index contributed by atoms with van der Waals surface area (Å²) in [6.45, 7) is -0.265. The summed E-state index contributed by atoms with van der Waals surface area (Å²) in [5.41, 5.74) is 1.84. The third-order valence-corrected chi connectivity index (χ3v) is 3.18. The molecule has 0 bridgehead atoms. The van der Waals surface area contributed by atoms with Crippen molar-refractivity contribution >= 4 is 23.2 Å². The Bertz CT molecular complexity index is 574. The molecule has 94 valence electrons. The lowest BCUT2D eigenvalue weighted by Crippen LogP contribution is -1.87. The van der Waals surface area contributed by atoms with Crippen LogP contribution in [0.15, 0.2) is 30.3 Å². The van der Waals surface area contributed by atoms with Gasteiger partial charge >= 0.3 is 0 Å². The van der Waals surface area contributed by atoms with Gasteiger partial charge in [0.05, 0.1) is 16.7 Å². The average molecular weight is 285 g/mol. The Balaban J connectivity index is 2.55. The second-order valence-electron chi connectivity index (χ2n) is 3.79. The molecule has 3 N–H and O–H groups in total. The number of benzene rings is 2. The number of aromatic hydroxyl groups is 2. The topological polar surface area (TPSA) is 60.7 Å². The molecular formula is C13H10Cl2O3. The Morgan fingerprint density at radius 1 is 0.889 bits per heavy atom. The van der Waals surface area contributed by atoms with E-state index in [9.17, 15) is 10.2 Å². The van der Waals surface area contributed by atoms with Crippen molar-refractivity contribution in [2.24, 2.45) is 0 Å². The number of aliphatic hydroxyl groups is 1. The normalized spacial score (nSPS) is 10.6. The molecule has 2 rings (SSSR count). The first-order valence-electron chi connectivity index (χ1n) is 5.14. The van der Waals surface area contributed by atoms with Crippen molar-refractivity contribution < 1.29 is 15.3 Å². The zero-order chi connectivity index (χ0) is 13.3. The minimum atomic E-state index is -0.265. The van der Waals surface area contributed by atoms with E-state index in [0.717, 1.165) is 5.56 Å². The van der Waals surface area contributed by atoms with Gasteiger partial charge in [-0.05, 0) is 35.4 Å². The maximum atomic E-state index is 9.48. The van der Waals surface area contributed by atoms with Crippen molar-refractivity contribution in [1.82, 2.24) is 0 Å². The Morgan fingerprint density at radius 3 is 2.06 bits per heavy atom. The van der Waals surface area contributed by atoms with E-state index in [1.807, 2.05) is 0 Å². The molecule has 3 nitrogen and oxygen atoms in total. The van der Waals surface area contributed by atoms with E-state index < -0.39 is 0 Å². The van der Waals surface area contributed by atoms with Crippen LogP contribution in [-0.4, -0.2) is 15.3 Å². The van der Waals surface area contributed by atoms with Crippen LogP contribution >= 0.6 is 23.2 Å². The predicted molar refractivity (Wildman–Crippen MR) is 71.2 cm³/mol. The Morgan fingerprint density at radius 2 is 1.50 bits per heavy atom. The monoisotopic (exact) mass is 284 g/mol. The van der Waals surface area contributed by atoms with Gasteiger partial charge in [-0.1, -0.05) is 29.3 Å². The van der Waals surface area contributed by atoms with Gasteiger partial charge < -0.3 is 15.3 Å². The highest BCUT2D eigenvalue weighted by Gasteiger charge is 2.09. The van der Waals surface area contributed by atoms with Crippen LogP contribution in [0.4, 0.5) is 0 Å². The highest BCUT2D eigenvalue weighted by molar-refractivity contribution is 6.37. The lowest BCUT2D eigenvalue weighted by molar-refractivity contribution is 0.275. The summed E-state index contributed by atoms with van der Waals surface area (Å²) in [7, 11) is 0. The number of hydrogen-bond acceptors (Lipinski definition) is 3. The summed E-state index contributed by atoms with van der Waals surface area (Å²) in [5.74, 6) is -0.138. The molecule has 0 radical (unpaired) electrons. The van der Waals surface area contributed by atoms with Crippen LogP contribution in [0.3, 0.4) is 0 Å². The summed E-state index contributed by atoms with van der Waals surface area (Å²) in [5, 5.41) is 28.4. The molecule has 0 aliphatic heterocycles. The molecule has 2 aromatic carbocycles. The highest BCUT2D eigenvalue weighted by Crippen LogP contribution is 2.37. The van der Waals surface area contributed by atoms with Gasteiger partial charge in [-0.3, -0.25) is 0 Å². The predicted octanol–water partition coefficient (Wildman–Crippen LogP) is 3.56. The Labute approximate surface area is 114 Å². The number of hydrogen-bond donors (Lipinski definition) is 3. The maximum absolute atomic E-state index is 9.48. The van der Waals surface area contributed by atoms with Gasteiger partial charge in [0.15, 0.2) is 5.75 Å². The summed E-state index contributed by atoms with van der Waals surface area (Å²) >= 11 is 11.7. The fourth-order valence-corrected chi connectivity index (χ4v) is 2.11. The fourth-order valence-electron chi connectivity index (χ4n) is 1.62. The van der Waals surface area contributed by atoms with Crippen molar-refractivity contribution in [2.45, 2.75) is 6.61 Å². The summed E-state index contributed by atoms with van der Waals surface area (Å²) < 4.78 is 0. The van der Waals surface area contributed by atoms with E-state index >= 15 is 0 Å². The molecule has 0 unspecified atom stereocenters. The number of phenols is 2. The second kappa shape index (κ2) is 5.06. The minimum absolute atomic E-state index is 0.0252. The Kier molecular flexibility index (Phi) is 3.66. The molecule has 0 aromatic heterocycles. The van der Waals surface area contributed by atoms with Gasteiger partial charge in [0.1, 0.15) is 5.75 Å². The van der Waals surface area contributed by atoms with Crippen LogP contribution < -0.4 is 0 Å². The van der Waals surface area contributed by atoms with Crippen molar-refractivity contribution in [3.63, 3.8) is 0 Å². The third kappa shape index (κ3) is 2.38. The summed E-state index contributed by atoms with van der Waals surface area (Å²) in [6, 6.07) is 7.92. The zero-order valence-electron chi connectivity index (χ0n) is 9.19. The molecule has 5 heteroatoms. The molecule has 0 aliphatic rings. The van der Waals surface area contributed by atoms with E-state index in [1.165, 1.54) is 6.07 Å². The molecular weight excluding hydrogens is 275 g/mol. The Hall–Kier alpha value is -1.42.